The third-order valence-corrected chi connectivity index (χ3v) is 7.24. The highest BCUT2D eigenvalue weighted by molar-refractivity contribution is 6.06. The first-order chi connectivity index (χ1) is 20.8. The lowest BCUT2D eigenvalue weighted by atomic mass is 9.94. The predicted molar refractivity (Wildman–Crippen MR) is 166 cm³/mol. The van der Waals surface area contributed by atoms with E-state index in [0.717, 1.165) is 11.1 Å². The molecule has 0 heterocycles. The van der Waals surface area contributed by atoms with Crippen LogP contribution in [0.5, 0.6) is 11.5 Å². The monoisotopic (exact) mass is 580 g/mol. The van der Waals surface area contributed by atoms with Crippen LogP contribution in [0.15, 0.2) is 97.1 Å². The van der Waals surface area contributed by atoms with E-state index in [9.17, 15) is 19.5 Å². The van der Waals surface area contributed by atoms with Crippen molar-refractivity contribution in [2.75, 3.05) is 34.4 Å². The van der Waals surface area contributed by atoms with Crippen LogP contribution in [0.1, 0.15) is 38.3 Å². The molecule has 0 spiro atoms. The van der Waals surface area contributed by atoms with Crippen LogP contribution in [0.3, 0.4) is 0 Å². The SMILES string of the molecule is COc1ccc(OC)c(CCN(CCC(=O)O)C(=O)c2ccccc2-c2ccccc2C(=O)N(C)Cc2ccccc2)c1. The van der Waals surface area contributed by atoms with Crippen LogP contribution in [0.2, 0.25) is 0 Å². The van der Waals surface area contributed by atoms with Gasteiger partial charge in [-0.25, -0.2) is 0 Å². The fourth-order valence-electron chi connectivity index (χ4n) is 4.99. The Morgan fingerprint density at radius 1 is 0.721 bits per heavy atom. The summed E-state index contributed by atoms with van der Waals surface area (Å²) in [5.41, 5.74) is 3.93. The molecule has 0 saturated heterocycles. The molecule has 8 nitrogen and oxygen atoms in total. The van der Waals surface area contributed by atoms with Gasteiger partial charge in [-0.3, -0.25) is 14.4 Å². The molecule has 0 fully saturated rings. The number of rotatable bonds is 13. The summed E-state index contributed by atoms with van der Waals surface area (Å²) >= 11 is 0. The second-order valence-electron chi connectivity index (χ2n) is 10.1. The molecule has 8 heteroatoms. The Balaban J connectivity index is 1.65. The second kappa shape index (κ2) is 14.7. The Kier molecular flexibility index (Phi) is 10.5. The number of hydrogen-bond donors (Lipinski definition) is 1. The van der Waals surface area contributed by atoms with Gasteiger partial charge in [0.25, 0.3) is 11.8 Å². The Bertz CT molecular complexity index is 1570. The largest absolute Gasteiger partial charge is 0.497 e. The summed E-state index contributed by atoms with van der Waals surface area (Å²) in [4.78, 5) is 42.4. The average molecular weight is 581 g/mol. The summed E-state index contributed by atoms with van der Waals surface area (Å²) in [7, 11) is 4.90. The molecule has 0 saturated carbocycles. The van der Waals surface area contributed by atoms with E-state index in [2.05, 4.69) is 0 Å². The molecule has 1 N–H and O–H groups in total. The first-order valence-corrected chi connectivity index (χ1v) is 14.0. The molecule has 0 radical (unpaired) electrons. The van der Waals surface area contributed by atoms with Gasteiger partial charge >= 0.3 is 5.97 Å². The maximum absolute atomic E-state index is 14.1. The van der Waals surface area contributed by atoms with Crippen LogP contribution >= 0.6 is 0 Å². The maximum Gasteiger partial charge on any atom is 0.305 e. The highest BCUT2D eigenvalue weighted by Gasteiger charge is 2.24. The summed E-state index contributed by atoms with van der Waals surface area (Å²) in [6.07, 6.45) is 0.218. The number of amides is 2. The number of ether oxygens (including phenoxy) is 2. The van der Waals surface area contributed by atoms with E-state index in [4.69, 9.17) is 9.47 Å². The zero-order valence-corrected chi connectivity index (χ0v) is 24.7. The zero-order valence-electron chi connectivity index (χ0n) is 24.7. The highest BCUT2D eigenvalue weighted by atomic mass is 16.5. The molecule has 0 unspecified atom stereocenters. The first-order valence-electron chi connectivity index (χ1n) is 14.0. The standard InChI is InChI=1S/C35H36N2O6/c1-36(24-25-11-5-4-6-12-25)34(40)30-15-9-7-13-28(30)29-14-8-10-16-31(29)35(41)37(22-20-33(38)39)21-19-26-23-27(42-2)17-18-32(26)43-3/h4-18,23H,19-22,24H2,1-3H3,(H,38,39). The molecule has 222 valence electrons. The summed E-state index contributed by atoms with van der Waals surface area (Å²) in [6, 6.07) is 29.5. The van der Waals surface area contributed by atoms with Gasteiger partial charge in [0.05, 0.1) is 20.6 Å². The number of carbonyl (C=O) groups is 3. The summed E-state index contributed by atoms with van der Waals surface area (Å²) in [5, 5.41) is 9.42. The van der Waals surface area contributed by atoms with Crippen molar-refractivity contribution < 1.29 is 29.0 Å². The van der Waals surface area contributed by atoms with E-state index >= 15 is 0 Å². The number of carboxylic acids is 1. The van der Waals surface area contributed by atoms with Crippen molar-refractivity contribution in [3.63, 3.8) is 0 Å². The van der Waals surface area contributed by atoms with Crippen molar-refractivity contribution in [3.8, 4) is 22.6 Å². The molecule has 4 aromatic carbocycles. The van der Waals surface area contributed by atoms with Crippen LogP contribution < -0.4 is 9.47 Å². The third-order valence-electron chi connectivity index (χ3n) is 7.24. The fraction of sp³-hybridized carbons (Fsp3) is 0.229. The Labute approximate surface area is 252 Å². The van der Waals surface area contributed by atoms with Gasteiger partial charge < -0.3 is 24.4 Å². The summed E-state index contributed by atoms with van der Waals surface area (Å²) in [6.45, 7) is 0.713. The molecular formula is C35H36N2O6. The molecule has 0 aromatic heterocycles. The predicted octanol–water partition coefficient (Wildman–Crippen LogP) is 5.80. The van der Waals surface area contributed by atoms with Gasteiger partial charge in [0, 0.05) is 37.8 Å². The highest BCUT2D eigenvalue weighted by Crippen LogP contribution is 2.30. The van der Waals surface area contributed by atoms with Crippen LogP contribution in [0.4, 0.5) is 0 Å². The molecule has 0 bridgehead atoms. The Morgan fingerprint density at radius 2 is 1.33 bits per heavy atom. The molecule has 2 amide bonds. The van der Waals surface area contributed by atoms with Crippen molar-refractivity contribution in [2.24, 2.45) is 0 Å². The summed E-state index contributed by atoms with van der Waals surface area (Å²) in [5.74, 6) is -0.183. The third kappa shape index (κ3) is 7.80. The number of carboxylic acid groups (broad SMARTS) is 1. The molecular weight excluding hydrogens is 544 g/mol. The van der Waals surface area contributed by atoms with Gasteiger partial charge in [-0.2, -0.15) is 0 Å². The normalized spacial score (nSPS) is 10.6. The van der Waals surface area contributed by atoms with Crippen molar-refractivity contribution in [3.05, 3.63) is 119 Å². The smallest absolute Gasteiger partial charge is 0.305 e. The van der Waals surface area contributed by atoms with E-state index in [-0.39, 0.29) is 31.3 Å². The lowest BCUT2D eigenvalue weighted by molar-refractivity contribution is -0.137. The van der Waals surface area contributed by atoms with E-state index < -0.39 is 5.97 Å². The number of carbonyl (C=O) groups excluding carboxylic acids is 2. The zero-order chi connectivity index (χ0) is 30.8. The molecule has 0 aliphatic heterocycles. The van der Waals surface area contributed by atoms with Crippen molar-refractivity contribution >= 4 is 17.8 Å². The number of nitrogens with zero attached hydrogens (tertiary/aromatic N) is 2. The molecule has 4 rings (SSSR count). The fourth-order valence-corrected chi connectivity index (χ4v) is 4.99. The minimum absolute atomic E-state index is 0.0230. The van der Waals surface area contributed by atoms with Crippen LogP contribution in [0.25, 0.3) is 11.1 Å². The first kappa shape index (κ1) is 30.8. The minimum Gasteiger partial charge on any atom is -0.497 e. The lowest BCUT2D eigenvalue weighted by Crippen LogP contribution is -2.35. The second-order valence-corrected chi connectivity index (χ2v) is 10.1. The van der Waals surface area contributed by atoms with Crippen molar-refractivity contribution in [1.29, 1.82) is 0 Å². The number of hydrogen-bond acceptors (Lipinski definition) is 5. The van der Waals surface area contributed by atoms with Crippen LogP contribution in [-0.4, -0.2) is 67.0 Å². The molecule has 0 aliphatic carbocycles. The number of methoxy groups -OCH3 is 2. The average Bonchev–Trinajstić information content (AvgIpc) is 3.04. The maximum atomic E-state index is 14.1. The van der Waals surface area contributed by atoms with Gasteiger partial charge in [0.1, 0.15) is 11.5 Å². The van der Waals surface area contributed by atoms with Gasteiger partial charge in [-0.15, -0.1) is 0 Å². The van der Waals surface area contributed by atoms with Gasteiger partial charge in [-0.1, -0.05) is 66.7 Å². The Hall–Kier alpha value is -5.11. The molecule has 4 aromatic rings. The van der Waals surface area contributed by atoms with Gasteiger partial charge in [0.15, 0.2) is 0 Å². The van der Waals surface area contributed by atoms with Crippen molar-refractivity contribution in [2.45, 2.75) is 19.4 Å². The topological polar surface area (TPSA) is 96.4 Å². The molecule has 0 aliphatic rings. The van der Waals surface area contributed by atoms with E-state index in [1.165, 1.54) is 4.90 Å². The minimum atomic E-state index is -0.998. The van der Waals surface area contributed by atoms with Gasteiger partial charge in [0.2, 0.25) is 0 Å². The van der Waals surface area contributed by atoms with E-state index in [1.807, 2.05) is 60.7 Å². The number of benzene rings is 4. The number of aliphatic carboxylic acids is 1. The lowest BCUT2D eigenvalue weighted by Gasteiger charge is -2.25. The van der Waals surface area contributed by atoms with Crippen molar-refractivity contribution in [1.82, 2.24) is 9.80 Å². The van der Waals surface area contributed by atoms with Crippen LogP contribution in [0, 0.1) is 0 Å². The molecule has 0 atom stereocenters. The molecule has 43 heavy (non-hydrogen) atoms. The van der Waals surface area contributed by atoms with Crippen LogP contribution in [-0.2, 0) is 17.8 Å². The quantitative estimate of drug-likeness (QED) is 0.215. The Morgan fingerprint density at radius 3 is 1.93 bits per heavy atom. The van der Waals surface area contributed by atoms with E-state index in [1.54, 1.807) is 62.6 Å². The van der Waals surface area contributed by atoms with Gasteiger partial charge in [-0.05, 0) is 59.0 Å². The summed E-state index contributed by atoms with van der Waals surface area (Å²) < 4.78 is 10.9. The van der Waals surface area contributed by atoms with E-state index in [0.29, 0.717) is 46.7 Å².